The Balaban J connectivity index is 0.00000192. The van der Waals surface area contributed by atoms with Crippen LogP contribution in [0.15, 0.2) is 47.3 Å². The van der Waals surface area contributed by atoms with Crippen LogP contribution < -0.4 is 11.3 Å². The van der Waals surface area contributed by atoms with Crippen LogP contribution >= 0.6 is 24.0 Å². The Morgan fingerprint density at radius 3 is 2.39 bits per heavy atom. The summed E-state index contributed by atoms with van der Waals surface area (Å²) >= 11 is 6.09. The van der Waals surface area contributed by atoms with Crippen molar-refractivity contribution in [3.8, 4) is 11.1 Å². The first-order valence-corrected chi connectivity index (χ1v) is 7.18. The van der Waals surface area contributed by atoms with Crippen LogP contribution in [-0.2, 0) is 13.6 Å². The van der Waals surface area contributed by atoms with Gasteiger partial charge in [-0.3, -0.25) is 4.79 Å². The average Bonchev–Trinajstić information content (AvgIpc) is 2.51. The molecule has 6 heteroatoms. The van der Waals surface area contributed by atoms with Crippen LogP contribution in [0, 0.1) is 5.82 Å². The second kappa shape index (κ2) is 6.71. The minimum atomic E-state index is -0.315. The molecule has 23 heavy (non-hydrogen) atoms. The summed E-state index contributed by atoms with van der Waals surface area (Å²) in [5.41, 5.74) is 8.01. The van der Waals surface area contributed by atoms with Gasteiger partial charge in [-0.05, 0) is 41.3 Å². The van der Waals surface area contributed by atoms with E-state index in [4.69, 9.17) is 17.3 Å². The molecule has 1 aromatic heterocycles. The Kier molecular flexibility index (Phi) is 5.09. The van der Waals surface area contributed by atoms with E-state index in [-0.39, 0.29) is 30.3 Å². The molecule has 2 aromatic carbocycles. The Bertz CT molecular complexity index is 921. The third-order valence-corrected chi connectivity index (χ3v) is 4.04. The first kappa shape index (κ1) is 17.5. The van der Waals surface area contributed by atoms with Crippen molar-refractivity contribution in [2.75, 3.05) is 0 Å². The van der Waals surface area contributed by atoms with E-state index >= 15 is 0 Å². The fourth-order valence-corrected chi connectivity index (χ4v) is 2.89. The van der Waals surface area contributed by atoms with Crippen LogP contribution in [0.2, 0.25) is 5.02 Å². The van der Waals surface area contributed by atoms with Crippen LogP contribution in [-0.4, -0.2) is 4.57 Å². The largest absolute Gasteiger partial charge is 0.325 e. The van der Waals surface area contributed by atoms with Gasteiger partial charge in [0.1, 0.15) is 5.82 Å². The summed E-state index contributed by atoms with van der Waals surface area (Å²) < 4.78 is 14.7. The molecule has 3 rings (SSSR count). The van der Waals surface area contributed by atoms with Crippen molar-refractivity contribution >= 4 is 34.8 Å². The molecule has 1 heterocycles. The molecule has 0 bridgehead atoms. The van der Waals surface area contributed by atoms with Gasteiger partial charge in [0.2, 0.25) is 0 Å². The first-order valence-electron chi connectivity index (χ1n) is 6.80. The van der Waals surface area contributed by atoms with E-state index in [2.05, 4.69) is 0 Å². The quantitative estimate of drug-likeness (QED) is 0.760. The van der Waals surface area contributed by atoms with Crippen LogP contribution in [0.1, 0.15) is 5.69 Å². The number of hydrogen-bond acceptors (Lipinski definition) is 2. The maximum Gasteiger partial charge on any atom is 0.258 e. The van der Waals surface area contributed by atoms with Gasteiger partial charge in [0.05, 0.1) is 0 Å². The third kappa shape index (κ3) is 2.98. The monoisotopic (exact) mass is 352 g/mol. The smallest absolute Gasteiger partial charge is 0.258 e. The van der Waals surface area contributed by atoms with E-state index in [9.17, 15) is 9.18 Å². The third-order valence-electron chi connectivity index (χ3n) is 3.81. The standard InChI is InChI=1S/C17H14ClFN2O.ClH/c1-21-15(9-20)16(10-2-5-12(19)6-3-10)14-8-11(18)4-7-13(14)17(21)22;/h2-8H,9,20H2,1H3;1H. The van der Waals surface area contributed by atoms with Gasteiger partial charge in [0.15, 0.2) is 0 Å². The molecule has 0 atom stereocenters. The molecule has 2 N–H and O–H groups in total. The molecule has 120 valence electrons. The summed E-state index contributed by atoms with van der Waals surface area (Å²) in [5.74, 6) is -0.315. The highest BCUT2D eigenvalue weighted by atomic mass is 35.5. The lowest BCUT2D eigenvalue weighted by molar-refractivity contribution is 0.628. The highest BCUT2D eigenvalue weighted by Gasteiger charge is 2.15. The molecule has 0 amide bonds. The van der Waals surface area contributed by atoms with Crippen molar-refractivity contribution in [1.82, 2.24) is 4.57 Å². The number of halogens is 3. The second-order valence-corrected chi connectivity index (χ2v) is 5.52. The molecule has 0 aliphatic heterocycles. The van der Waals surface area contributed by atoms with E-state index in [1.54, 1.807) is 37.4 Å². The van der Waals surface area contributed by atoms with E-state index in [0.717, 1.165) is 16.5 Å². The normalized spacial score (nSPS) is 10.6. The first-order chi connectivity index (χ1) is 10.5. The van der Waals surface area contributed by atoms with Crippen molar-refractivity contribution < 1.29 is 4.39 Å². The molecular formula is C17H15Cl2FN2O. The fourth-order valence-electron chi connectivity index (χ4n) is 2.71. The predicted molar refractivity (Wildman–Crippen MR) is 94.7 cm³/mol. The molecule has 0 saturated carbocycles. The maximum atomic E-state index is 13.2. The molecule has 0 aliphatic carbocycles. The molecule has 0 aliphatic rings. The van der Waals surface area contributed by atoms with Gasteiger partial charge in [-0.25, -0.2) is 4.39 Å². The van der Waals surface area contributed by atoms with Gasteiger partial charge in [-0.2, -0.15) is 0 Å². The second-order valence-electron chi connectivity index (χ2n) is 5.09. The summed E-state index contributed by atoms with van der Waals surface area (Å²) in [6.07, 6.45) is 0. The minimum absolute atomic E-state index is 0. The van der Waals surface area contributed by atoms with Crippen molar-refractivity contribution in [2.24, 2.45) is 12.8 Å². The molecule has 3 aromatic rings. The molecule has 0 fully saturated rings. The van der Waals surface area contributed by atoms with E-state index in [1.165, 1.54) is 16.7 Å². The Hall–Kier alpha value is -1.88. The fraction of sp³-hybridized carbons (Fsp3) is 0.118. The van der Waals surface area contributed by atoms with Gasteiger partial charge in [0, 0.05) is 35.3 Å². The lowest BCUT2D eigenvalue weighted by Gasteiger charge is -2.16. The van der Waals surface area contributed by atoms with Crippen molar-refractivity contribution in [2.45, 2.75) is 6.54 Å². The zero-order chi connectivity index (χ0) is 15.9. The van der Waals surface area contributed by atoms with Crippen molar-refractivity contribution in [3.63, 3.8) is 0 Å². The van der Waals surface area contributed by atoms with Crippen LogP contribution in [0.5, 0.6) is 0 Å². The van der Waals surface area contributed by atoms with Crippen LogP contribution in [0.4, 0.5) is 4.39 Å². The Labute approximate surface area is 143 Å². The number of rotatable bonds is 2. The average molecular weight is 353 g/mol. The number of nitrogens with zero attached hydrogens (tertiary/aromatic N) is 1. The maximum absolute atomic E-state index is 13.2. The highest BCUT2D eigenvalue weighted by Crippen LogP contribution is 2.32. The summed E-state index contributed by atoms with van der Waals surface area (Å²) in [6, 6.07) is 11.3. The van der Waals surface area contributed by atoms with Gasteiger partial charge in [-0.1, -0.05) is 23.7 Å². The number of hydrogen-bond donors (Lipinski definition) is 1. The lowest BCUT2D eigenvalue weighted by atomic mass is 9.96. The molecular weight excluding hydrogens is 338 g/mol. The Morgan fingerprint density at radius 2 is 1.78 bits per heavy atom. The molecule has 0 radical (unpaired) electrons. The van der Waals surface area contributed by atoms with Gasteiger partial charge < -0.3 is 10.3 Å². The number of pyridine rings is 1. The zero-order valence-corrected chi connectivity index (χ0v) is 13.9. The predicted octanol–water partition coefficient (Wildman–Crippen LogP) is 3.88. The summed E-state index contributed by atoms with van der Waals surface area (Å²) in [5, 5.41) is 1.82. The summed E-state index contributed by atoms with van der Waals surface area (Å²) in [6.45, 7) is 0.195. The molecule has 0 unspecified atom stereocenters. The Morgan fingerprint density at radius 1 is 1.13 bits per heavy atom. The van der Waals surface area contributed by atoms with E-state index in [1.807, 2.05) is 0 Å². The van der Waals surface area contributed by atoms with Gasteiger partial charge in [-0.15, -0.1) is 12.4 Å². The minimum Gasteiger partial charge on any atom is -0.325 e. The topological polar surface area (TPSA) is 48.0 Å². The van der Waals surface area contributed by atoms with Gasteiger partial charge >= 0.3 is 0 Å². The van der Waals surface area contributed by atoms with Crippen LogP contribution in [0.3, 0.4) is 0 Å². The summed E-state index contributed by atoms with van der Waals surface area (Å²) in [7, 11) is 1.69. The number of fused-ring (bicyclic) bond motifs is 1. The molecule has 0 saturated heterocycles. The number of benzene rings is 2. The molecule has 0 spiro atoms. The highest BCUT2D eigenvalue weighted by molar-refractivity contribution is 6.31. The van der Waals surface area contributed by atoms with E-state index in [0.29, 0.717) is 16.1 Å². The number of nitrogens with two attached hydrogens (primary N) is 1. The lowest BCUT2D eigenvalue weighted by Crippen LogP contribution is -2.23. The SMILES string of the molecule is Cl.Cn1c(CN)c(-c2ccc(F)cc2)c2cc(Cl)ccc2c1=O. The molecule has 3 nitrogen and oxygen atoms in total. The summed E-state index contributed by atoms with van der Waals surface area (Å²) in [4.78, 5) is 12.5. The van der Waals surface area contributed by atoms with Crippen molar-refractivity contribution in [1.29, 1.82) is 0 Å². The van der Waals surface area contributed by atoms with E-state index < -0.39 is 0 Å². The van der Waals surface area contributed by atoms with Crippen molar-refractivity contribution in [3.05, 3.63) is 69.4 Å². The van der Waals surface area contributed by atoms with Crippen LogP contribution in [0.25, 0.3) is 21.9 Å². The zero-order valence-electron chi connectivity index (χ0n) is 12.3. The number of aromatic nitrogens is 1. The van der Waals surface area contributed by atoms with Gasteiger partial charge in [0.25, 0.3) is 5.56 Å².